The summed E-state index contributed by atoms with van der Waals surface area (Å²) in [6.07, 6.45) is 4.60. The van der Waals surface area contributed by atoms with Crippen LogP contribution in [0.4, 0.5) is 5.69 Å². The van der Waals surface area contributed by atoms with Crippen LogP contribution in [-0.2, 0) is 19.5 Å². The molecule has 3 heterocycles. The minimum Gasteiger partial charge on any atom is -0.399 e. The number of aromatic nitrogens is 3. The second kappa shape index (κ2) is 6.37. The van der Waals surface area contributed by atoms with Crippen LogP contribution in [0.5, 0.6) is 0 Å². The van der Waals surface area contributed by atoms with Gasteiger partial charge in [-0.3, -0.25) is 9.88 Å². The normalized spacial score (nSPS) is 14.3. The fraction of sp³-hybridized carbons (Fsp3) is 0.211. The van der Waals surface area contributed by atoms with Crippen LogP contribution in [-0.4, -0.2) is 26.4 Å². The molecule has 0 aliphatic carbocycles. The van der Waals surface area contributed by atoms with Crippen molar-refractivity contribution in [2.45, 2.75) is 19.5 Å². The lowest BCUT2D eigenvalue weighted by atomic mass is 10.1. The van der Waals surface area contributed by atoms with Crippen LogP contribution in [0.2, 0.25) is 0 Å². The molecule has 1 aliphatic heterocycles. The quantitative estimate of drug-likeness (QED) is 0.804. The molecule has 2 aromatic heterocycles. The Morgan fingerprint density at radius 3 is 2.79 bits per heavy atom. The number of hydrogen-bond donors (Lipinski definition) is 1. The Labute approximate surface area is 141 Å². The topological polar surface area (TPSA) is 67.9 Å². The van der Waals surface area contributed by atoms with Gasteiger partial charge in [-0.2, -0.15) is 0 Å². The van der Waals surface area contributed by atoms with E-state index in [9.17, 15) is 0 Å². The maximum Gasteiger partial charge on any atom is 0.178 e. The van der Waals surface area contributed by atoms with Gasteiger partial charge in [0.1, 0.15) is 5.69 Å². The van der Waals surface area contributed by atoms with E-state index >= 15 is 0 Å². The van der Waals surface area contributed by atoms with Crippen molar-refractivity contribution in [2.24, 2.45) is 0 Å². The van der Waals surface area contributed by atoms with E-state index in [0.717, 1.165) is 37.4 Å². The number of anilines is 1. The van der Waals surface area contributed by atoms with Crippen LogP contribution in [0, 0.1) is 0 Å². The fourth-order valence-corrected chi connectivity index (χ4v) is 3.03. The highest BCUT2D eigenvalue weighted by Gasteiger charge is 2.19. The van der Waals surface area contributed by atoms with E-state index in [4.69, 9.17) is 10.7 Å². The third-order valence-corrected chi connectivity index (χ3v) is 4.29. The van der Waals surface area contributed by atoms with Crippen LogP contribution in [0.25, 0.3) is 11.5 Å². The van der Waals surface area contributed by atoms with Gasteiger partial charge < -0.3 is 5.73 Å². The molecule has 0 saturated carbocycles. The summed E-state index contributed by atoms with van der Waals surface area (Å²) in [7, 11) is 0. The van der Waals surface area contributed by atoms with Crippen LogP contribution in [0.15, 0.2) is 54.9 Å². The predicted molar refractivity (Wildman–Crippen MR) is 93.9 cm³/mol. The van der Waals surface area contributed by atoms with Gasteiger partial charge in [-0.1, -0.05) is 30.3 Å². The highest BCUT2D eigenvalue weighted by Crippen LogP contribution is 2.22. The molecule has 0 atom stereocenters. The summed E-state index contributed by atoms with van der Waals surface area (Å²) >= 11 is 0. The molecule has 5 nitrogen and oxygen atoms in total. The van der Waals surface area contributed by atoms with Crippen molar-refractivity contribution in [3.63, 3.8) is 0 Å². The SMILES string of the molecule is Nc1ccnc(-c2ncc3c(n2)CN(Cc2ccccc2)CC3)c1. The predicted octanol–water partition coefficient (Wildman–Crippen LogP) is 2.68. The number of pyridine rings is 1. The number of benzene rings is 1. The van der Waals surface area contributed by atoms with E-state index in [0.29, 0.717) is 11.5 Å². The molecule has 3 aromatic rings. The summed E-state index contributed by atoms with van der Waals surface area (Å²) in [6, 6.07) is 14.1. The van der Waals surface area contributed by atoms with Crippen molar-refractivity contribution < 1.29 is 0 Å². The average Bonchev–Trinajstić information content (AvgIpc) is 2.62. The van der Waals surface area contributed by atoms with Crippen molar-refractivity contribution in [3.05, 3.63) is 71.7 Å². The van der Waals surface area contributed by atoms with Gasteiger partial charge in [-0.25, -0.2) is 9.97 Å². The summed E-state index contributed by atoms with van der Waals surface area (Å²) < 4.78 is 0. The minimum atomic E-state index is 0.641. The molecule has 2 N–H and O–H groups in total. The molecule has 0 saturated heterocycles. The molecule has 0 amide bonds. The summed E-state index contributed by atoms with van der Waals surface area (Å²) in [4.78, 5) is 16.0. The van der Waals surface area contributed by atoms with Gasteiger partial charge >= 0.3 is 0 Å². The summed E-state index contributed by atoms with van der Waals surface area (Å²) in [5.41, 5.74) is 10.9. The molecule has 4 rings (SSSR count). The zero-order valence-electron chi connectivity index (χ0n) is 13.4. The molecule has 1 aromatic carbocycles. The van der Waals surface area contributed by atoms with E-state index in [1.807, 2.05) is 18.3 Å². The van der Waals surface area contributed by atoms with Crippen molar-refractivity contribution in [3.8, 4) is 11.5 Å². The second-order valence-electron chi connectivity index (χ2n) is 6.09. The Morgan fingerprint density at radius 2 is 1.96 bits per heavy atom. The zero-order chi connectivity index (χ0) is 16.4. The third kappa shape index (κ3) is 3.12. The molecule has 0 spiro atoms. The summed E-state index contributed by atoms with van der Waals surface area (Å²) in [5, 5.41) is 0. The number of fused-ring (bicyclic) bond motifs is 1. The number of nitrogens with two attached hydrogens (primary N) is 1. The maximum atomic E-state index is 5.84. The maximum absolute atomic E-state index is 5.84. The van der Waals surface area contributed by atoms with Crippen LogP contribution >= 0.6 is 0 Å². The van der Waals surface area contributed by atoms with Gasteiger partial charge in [0, 0.05) is 37.7 Å². The van der Waals surface area contributed by atoms with E-state index in [-0.39, 0.29) is 0 Å². The molecule has 0 radical (unpaired) electrons. The lowest BCUT2D eigenvalue weighted by Gasteiger charge is -2.28. The van der Waals surface area contributed by atoms with Crippen molar-refractivity contribution in [2.75, 3.05) is 12.3 Å². The first-order valence-electron chi connectivity index (χ1n) is 8.11. The molecule has 0 unspecified atom stereocenters. The third-order valence-electron chi connectivity index (χ3n) is 4.29. The van der Waals surface area contributed by atoms with Crippen LogP contribution in [0.3, 0.4) is 0 Å². The molecule has 5 heteroatoms. The molecule has 1 aliphatic rings. The standard InChI is InChI=1S/C19H19N5/c20-16-6-8-21-17(10-16)19-22-11-15-7-9-24(13-18(15)23-19)12-14-4-2-1-3-5-14/h1-6,8,10-11H,7,9,12-13H2,(H2,20,21). The lowest BCUT2D eigenvalue weighted by molar-refractivity contribution is 0.241. The summed E-state index contributed by atoms with van der Waals surface area (Å²) in [5.74, 6) is 0.641. The number of nitrogen functional groups attached to an aromatic ring is 1. The number of rotatable bonds is 3. The number of nitrogens with zero attached hydrogens (tertiary/aromatic N) is 4. The first kappa shape index (κ1) is 14.8. The highest BCUT2D eigenvalue weighted by atomic mass is 15.1. The fourth-order valence-electron chi connectivity index (χ4n) is 3.03. The van der Waals surface area contributed by atoms with Gasteiger partial charge in [-0.15, -0.1) is 0 Å². The zero-order valence-corrected chi connectivity index (χ0v) is 13.4. The van der Waals surface area contributed by atoms with Gasteiger partial charge in [0.25, 0.3) is 0 Å². The van der Waals surface area contributed by atoms with Gasteiger partial charge in [-0.05, 0) is 29.7 Å². The van der Waals surface area contributed by atoms with E-state index < -0.39 is 0 Å². The first-order chi connectivity index (χ1) is 11.8. The van der Waals surface area contributed by atoms with Crippen molar-refractivity contribution in [1.82, 2.24) is 19.9 Å². The van der Waals surface area contributed by atoms with Gasteiger partial charge in [0.15, 0.2) is 5.82 Å². The molecule has 0 bridgehead atoms. The Hall–Kier alpha value is -2.79. The second-order valence-corrected chi connectivity index (χ2v) is 6.09. The largest absolute Gasteiger partial charge is 0.399 e. The van der Waals surface area contributed by atoms with E-state index in [1.54, 1.807) is 12.3 Å². The molecule has 24 heavy (non-hydrogen) atoms. The van der Waals surface area contributed by atoms with Gasteiger partial charge in [0.05, 0.1) is 5.69 Å². The van der Waals surface area contributed by atoms with E-state index in [1.165, 1.54) is 11.1 Å². The Morgan fingerprint density at radius 1 is 1.08 bits per heavy atom. The Kier molecular flexibility index (Phi) is 3.92. The first-order valence-corrected chi connectivity index (χ1v) is 8.11. The molecule has 120 valence electrons. The highest BCUT2D eigenvalue weighted by molar-refractivity contribution is 5.56. The number of hydrogen-bond acceptors (Lipinski definition) is 5. The summed E-state index contributed by atoms with van der Waals surface area (Å²) in [6.45, 7) is 2.80. The van der Waals surface area contributed by atoms with Crippen molar-refractivity contribution in [1.29, 1.82) is 0 Å². The molecular weight excluding hydrogens is 298 g/mol. The molecular formula is C19H19N5. The smallest absolute Gasteiger partial charge is 0.178 e. The molecule has 0 fully saturated rings. The Bertz CT molecular complexity index is 847. The average molecular weight is 317 g/mol. The van der Waals surface area contributed by atoms with Gasteiger partial charge in [0.2, 0.25) is 0 Å². The monoisotopic (exact) mass is 317 g/mol. The van der Waals surface area contributed by atoms with E-state index in [2.05, 4.69) is 39.1 Å². The van der Waals surface area contributed by atoms with Crippen molar-refractivity contribution >= 4 is 5.69 Å². The minimum absolute atomic E-state index is 0.641. The Balaban J connectivity index is 1.57. The lowest BCUT2D eigenvalue weighted by Crippen LogP contribution is -2.31. The van der Waals surface area contributed by atoms with Crippen LogP contribution in [0.1, 0.15) is 16.8 Å². The van der Waals surface area contributed by atoms with Crippen LogP contribution < -0.4 is 5.73 Å².